The number of benzene rings is 3. The highest BCUT2D eigenvalue weighted by Gasteiger charge is 2.38. The van der Waals surface area contributed by atoms with Crippen molar-refractivity contribution in [1.82, 2.24) is 45.2 Å². The molecule has 2 aromatic heterocycles. The lowest BCUT2D eigenvalue weighted by Gasteiger charge is -2.37. The Hall–Kier alpha value is -4.69. The van der Waals surface area contributed by atoms with E-state index in [4.69, 9.17) is 4.74 Å². The summed E-state index contributed by atoms with van der Waals surface area (Å²) in [5.74, 6) is -0.462. The van der Waals surface area contributed by atoms with Gasteiger partial charge in [0.05, 0.1) is 12.1 Å². The lowest BCUT2D eigenvalue weighted by Crippen LogP contribution is -2.49. The minimum absolute atomic E-state index is 0.00108. The number of carbonyl (C=O) groups is 1. The number of tetrazole rings is 1. The second-order valence-corrected chi connectivity index (χ2v) is 14.4. The van der Waals surface area contributed by atoms with Gasteiger partial charge >= 0.3 is 0 Å². The third-order valence-corrected chi connectivity index (χ3v) is 10.8. The number of nitrogens with one attached hydrogen (secondary N) is 2. The van der Waals surface area contributed by atoms with Crippen LogP contribution in [-0.2, 0) is 23.1 Å². The number of para-hydroxylation sites is 1. The number of sulfonamides is 1. The minimum atomic E-state index is -3.85. The summed E-state index contributed by atoms with van der Waals surface area (Å²) in [5.41, 5.74) is 5.41. The van der Waals surface area contributed by atoms with Gasteiger partial charge < -0.3 is 10.1 Å². The molecule has 0 radical (unpaired) electrons. The van der Waals surface area contributed by atoms with E-state index in [0.717, 1.165) is 38.9 Å². The number of aryl methyl sites for hydroxylation is 3. The summed E-state index contributed by atoms with van der Waals surface area (Å²) in [6.07, 6.45) is 0.357. The Labute approximate surface area is 273 Å². The molecule has 3 heterocycles. The van der Waals surface area contributed by atoms with Crippen LogP contribution in [0.5, 0.6) is 5.75 Å². The van der Waals surface area contributed by atoms with Crippen molar-refractivity contribution in [3.63, 3.8) is 0 Å². The highest BCUT2D eigenvalue weighted by molar-refractivity contribution is 7.89. The first-order chi connectivity index (χ1) is 22.4. The second-order valence-electron chi connectivity index (χ2n) is 12.5. The van der Waals surface area contributed by atoms with Gasteiger partial charge in [-0.1, -0.05) is 48.5 Å². The van der Waals surface area contributed by atoms with Crippen molar-refractivity contribution in [2.75, 3.05) is 6.54 Å². The SMILES string of the molecule is CC[C@@H]1CN(Cc2cc([C@@H](c3ccc4c(nnn4CC)c3C)C(C)(C)NC(=O)c3nnn[nH]3)ccc2C)S(=O)(=O)c2ccccc2O1. The van der Waals surface area contributed by atoms with E-state index in [2.05, 4.69) is 42.3 Å². The molecule has 3 aromatic carbocycles. The number of carbonyl (C=O) groups excluding carboxylic acids is 1. The number of nitrogens with zero attached hydrogens (tertiary/aromatic N) is 7. The Morgan fingerprint density at radius 2 is 1.89 bits per heavy atom. The Morgan fingerprint density at radius 3 is 2.62 bits per heavy atom. The molecular formula is C33H39N9O4S. The summed E-state index contributed by atoms with van der Waals surface area (Å²) in [7, 11) is -3.85. The zero-order valence-corrected chi connectivity index (χ0v) is 28.2. The molecule has 0 unspecified atom stereocenters. The van der Waals surface area contributed by atoms with Gasteiger partial charge in [0.15, 0.2) is 0 Å². The third-order valence-electron chi connectivity index (χ3n) is 8.99. The van der Waals surface area contributed by atoms with Gasteiger partial charge in [-0.05, 0) is 97.5 Å². The zero-order chi connectivity index (χ0) is 33.5. The number of amides is 1. The molecule has 14 heteroatoms. The normalized spacial score (nSPS) is 17.1. The Kier molecular flexibility index (Phi) is 8.57. The second kappa shape index (κ2) is 12.5. The number of aromatic nitrogens is 7. The number of aromatic amines is 1. The average molecular weight is 658 g/mol. The topological polar surface area (TPSA) is 161 Å². The summed E-state index contributed by atoms with van der Waals surface area (Å²) >= 11 is 0. The van der Waals surface area contributed by atoms with Gasteiger partial charge in [0, 0.05) is 24.5 Å². The highest BCUT2D eigenvalue weighted by atomic mass is 32.2. The maximum absolute atomic E-state index is 14.0. The molecule has 1 amide bonds. The molecule has 1 aliphatic rings. The molecule has 5 aromatic rings. The van der Waals surface area contributed by atoms with E-state index in [1.807, 2.05) is 70.5 Å². The zero-order valence-electron chi connectivity index (χ0n) is 27.4. The van der Waals surface area contributed by atoms with Gasteiger partial charge in [-0.25, -0.2) is 18.2 Å². The van der Waals surface area contributed by atoms with Crippen LogP contribution in [0.1, 0.15) is 78.5 Å². The van der Waals surface area contributed by atoms with Crippen LogP contribution in [0.2, 0.25) is 0 Å². The van der Waals surface area contributed by atoms with E-state index in [1.165, 1.54) is 4.31 Å². The van der Waals surface area contributed by atoms with Crippen LogP contribution < -0.4 is 10.1 Å². The van der Waals surface area contributed by atoms with Crippen molar-refractivity contribution in [3.8, 4) is 5.75 Å². The van der Waals surface area contributed by atoms with Crippen LogP contribution in [0.4, 0.5) is 0 Å². The molecule has 47 heavy (non-hydrogen) atoms. The molecule has 6 rings (SSSR count). The molecule has 2 N–H and O–H groups in total. The van der Waals surface area contributed by atoms with Crippen molar-refractivity contribution < 1.29 is 17.9 Å². The van der Waals surface area contributed by atoms with E-state index in [1.54, 1.807) is 24.3 Å². The predicted molar refractivity (Wildman–Crippen MR) is 175 cm³/mol. The molecule has 0 fully saturated rings. The van der Waals surface area contributed by atoms with Crippen molar-refractivity contribution in [2.24, 2.45) is 0 Å². The number of fused-ring (bicyclic) bond motifs is 2. The number of hydrogen-bond acceptors (Lipinski definition) is 9. The van der Waals surface area contributed by atoms with Gasteiger partial charge in [-0.15, -0.1) is 10.2 Å². The lowest BCUT2D eigenvalue weighted by atomic mass is 9.75. The van der Waals surface area contributed by atoms with E-state index in [9.17, 15) is 13.2 Å². The van der Waals surface area contributed by atoms with Crippen LogP contribution in [-0.4, -0.2) is 72.4 Å². The van der Waals surface area contributed by atoms with Crippen LogP contribution >= 0.6 is 0 Å². The molecule has 246 valence electrons. The van der Waals surface area contributed by atoms with Crippen molar-refractivity contribution in [3.05, 3.63) is 88.2 Å². The van der Waals surface area contributed by atoms with Crippen molar-refractivity contribution in [1.29, 1.82) is 0 Å². The van der Waals surface area contributed by atoms with E-state index in [0.29, 0.717) is 18.7 Å². The summed E-state index contributed by atoms with van der Waals surface area (Å²) in [6, 6.07) is 16.9. The Bertz CT molecular complexity index is 2040. The van der Waals surface area contributed by atoms with Crippen molar-refractivity contribution in [2.45, 2.75) is 83.5 Å². The van der Waals surface area contributed by atoms with Crippen LogP contribution in [0.15, 0.2) is 59.5 Å². The molecular weight excluding hydrogens is 618 g/mol. The average Bonchev–Trinajstić information content (AvgIpc) is 3.72. The first-order valence-electron chi connectivity index (χ1n) is 15.7. The molecule has 0 bridgehead atoms. The summed E-state index contributed by atoms with van der Waals surface area (Å²) in [5, 5.41) is 25.4. The summed E-state index contributed by atoms with van der Waals surface area (Å²) in [4.78, 5) is 13.4. The Balaban J connectivity index is 1.45. The fourth-order valence-corrected chi connectivity index (χ4v) is 8.00. The maximum atomic E-state index is 14.0. The van der Waals surface area contributed by atoms with Crippen molar-refractivity contribution >= 4 is 27.0 Å². The number of ether oxygens (including phenoxy) is 1. The lowest BCUT2D eigenvalue weighted by molar-refractivity contribution is 0.0895. The van der Waals surface area contributed by atoms with Gasteiger partial charge in [-0.2, -0.15) is 4.31 Å². The molecule has 13 nitrogen and oxygen atoms in total. The highest BCUT2D eigenvalue weighted by Crippen LogP contribution is 2.40. The standard InChI is InChI=1S/C33H39N9O4S/c1-7-24-19-41(47(44,45)28-12-10-9-11-27(28)46-24)18-23-17-22(14-13-20(23)3)29(33(5,6)34-32(43)31-36-38-39-37-31)25-15-16-26-30(21(25)4)35-40-42(26)8-2/h9-17,24,29H,7-8,18-19H2,1-6H3,(H,34,43)(H,36,37,38,39)/t24-,29+/m1/s1. The van der Waals surface area contributed by atoms with E-state index < -0.39 is 21.5 Å². The molecule has 2 atom stereocenters. The number of hydrogen-bond donors (Lipinski definition) is 2. The van der Waals surface area contributed by atoms with Gasteiger partial charge in [-0.3, -0.25) is 4.79 Å². The molecule has 0 aliphatic carbocycles. The fourth-order valence-electron chi connectivity index (χ4n) is 6.43. The summed E-state index contributed by atoms with van der Waals surface area (Å²) < 4.78 is 37.5. The predicted octanol–water partition coefficient (Wildman–Crippen LogP) is 4.28. The number of rotatable bonds is 9. The van der Waals surface area contributed by atoms with Gasteiger partial charge in [0.2, 0.25) is 15.8 Å². The maximum Gasteiger partial charge on any atom is 0.291 e. The van der Waals surface area contributed by atoms with Crippen LogP contribution in [0, 0.1) is 13.8 Å². The smallest absolute Gasteiger partial charge is 0.291 e. The molecule has 0 saturated carbocycles. The quantitative estimate of drug-likeness (QED) is 0.236. The van der Waals surface area contributed by atoms with E-state index in [-0.39, 0.29) is 35.8 Å². The molecule has 1 aliphatic heterocycles. The Morgan fingerprint density at radius 1 is 1.11 bits per heavy atom. The third kappa shape index (κ3) is 5.98. The minimum Gasteiger partial charge on any atom is -0.488 e. The van der Waals surface area contributed by atoms with Crippen LogP contribution in [0.25, 0.3) is 11.0 Å². The molecule has 0 spiro atoms. The van der Waals surface area contributed by atoms with Gasteiger partial charge in [0.1, 0.15) is 22.3 Å². The molecule has 0 saturated heterocycles. The van der Waals surface area contributed by atoms with E-state index >= 15 is 0 Å². The number of H-pyrrole nitrogens is 1. The monoisotopic (exact) mass is 657 g/mol. The first-order valence-corrected chi connectivity index (χ1v) is 17.1. The van der Waals surface area contributed by atoms with Crippen LogP contribution in [0.3, 0.4) is 0 Å². The summed E-state index contributed by atoms with van der Waals surface area (Å²) in [6.45, 7) is 12.9. The van der Waals surface area contributed by atoms with Gasteiger partial charge in [0.25, 0.3) is 5.91 Å². The largest absolute Gasteiger partial charge is 0.488 e. The first kappa shape index (κ1) is 32.3. The fraction of sp³-hybridized carbons (Fsp3) is 0.394.